The predicted molar refractivity (Wildman–Crippen MR) is 126 cm³/mol. The molecule has 174 valence electrons. The number of ether oxygens (including phenoxy) is 1. The zero-order chi connectivity index (χ0) is 24.0. The van der Waals surface area contributed by atoms with Crippen LogP contribution in [0.4, 0.5) is 5.69 Å². The number of carboxylic acids is 1. The Hall–Kier alpha value is -3.94. The second kappa shape index (κ2) is 8.44. The van der Waals surface area contributed by atoms with Gasteiger partial charge >= 0.3 is 5.97 Å². The zero-order valence-electron chi connectivity index (χ0n) is 18.9. The molecule has 1 aliphatic heterocycles. The molecule has 0 radical (unpaired) electrons. The summed E-state index contributed by atoms with van der Waals surface area (Å²) in [6.07, 6.45) is 6.48. The van der Waals surface area contributed by atoms with Crippen molar-refractivity contribution in [1.82, 2.24) is 5.01 Å². The molecule has 1 saturated carbocycles. The first kappa shape index (κ1) is 21.9. The summed E-state index contributed by atoms with van der Waals surface area (Å²) in [5.41, 5.74) is 2.56. The van der Waals surface area contributed by atoms with E-state index in [4.69, 9.17) is 9.84 Å². The van der Waals surface area contributed by atoms with Gasteiger partial charge in [-0.1, -0.05) is 24.3 Å². The molecule has 5 rings (SSSR count). The fourth-order valence-corrected chi connectivity index (χ4v) is 5.06. The fraction of sp³-hybridized carbons (Fsp3) is 0.308. The topological polar surface area (TPSA) is 99.5 Å². The molecule has 0 spiro atoms. The number of nitrogens with zero attached hydrogens (tertiary/aromatic N) is 3. The van der Waals surface area contributed by atoms with Gasteiger partial charge in [-0.2, -0.15) is 10.1 Å². The van der Waals surface area contributed by atoms with E-state index in [1.807, 2.05) is 37.2 Å². The highest BCUT2D eigenvalue weighted by Gasteiger charge is 2.59. The van der Waals surface area contributed by atoms with Crippen LogP contribution >= 0.6 is 0 Å². The van der Waals surface area contributed by atoms with Crippen molar-refractivity contribution >= 4 is 29.7 Å². The number of carbonyl (C=O) groups is 3. The normalized spacial score (nSPS) is 24.8. The quantitative estimate of drug-likeness (QED) is 0.388. The number of hydrazone groups is 1. The SMILES string of the molecule is CN(C)c1ccc(C=NN2C(=O)[C@@H]3[C@H](C2=O)[C@H]2C=C[C@H]3C2)c(OCc2ccc(C(=O)O)cc2)c1. The number of amides is 2. The summed E-state index contributed by atoms with van der Waals surface area (Å²) in [6, 6.07) is 12.1. The summed E-state index contributed by atoms with van der Waals surface area (Å²) in [6.45, 7) is 0.221. The molecule has 8 heteroatoms. The lowest BCUT2D eigenvalue weighted by Crippen LogP contribution is -2.28. The first-order valence-corrected chi connectivity index (χ1v) is 11.2. The van der Waals surface area contributed by atoms with Crippen LogP contribution in [0.1, 0.15) is 27.9 Å². The zero-order valence-corrected chi connectivity index (χ0v) is 18.9. The van der Waals surface area contributed by atoms with E-state index >= 15 is 0 Å². The summed E-state index contributed by atoms with van der Waals surface area (Å²) >= 11 is 0. The molecule has 2 aliphatic carbocycles. The van der Waals surface area contributed by atoms with Crippen molar-refractivity contribution in [1.29, 1.82) is 0 Å². The molecular formula is C26H25N3O5. The number of allylic oxidation sites excluding steroid dienone is 2. The van der Waals surface area contributed by atoms with Gasteiger partial charge in [0.05, 0.1) is 23.6 Å². The lowest BCUT2D eigenvalue weighted by molar-refractivity contribution is -0.140. The summed E-state index contributed by atoms with van der Waals surface area (Å²) in [7, 11) is 3.83. The maximum absolute atomic E-state index is 12.9. The number of hydrogen-bond acceptors (Lipinski definition) is 6. The van der Waals surface area contributed by atoms with Crippen molar-refractivity contribution in [2.45, 2.75) is 13.0 Å². The lowest BCUT2D eigenvalue weighted by Gasteiger charge is -2.16. The van der Waals surface area contributed by atoms with Crippen LogP contribution in [0, 0.1) is 23.7 Å². The van der Waals surface area contributed by atoms with Crippen molar-refractivity contribution in [2.24, 2.45) is 28.8 Å². The Labute approximate surface area is 197 Å². The minimum atomic E-state index is -0.983. The van der Waals surface area contributed by atoms with E-state index in [0.29, 0.717) is 11.3 Å². The average molecular weight is 460 g/mol. The number of imide groups is 1. The van der Waals surface area contributed by atoms with Crippen molar-refractivity contribution in [3.63, 3.8) is 0 Å². The molecule has 2 aromatic carbocycles. The third-order valence-corrected chi connectivity index (χ3v) is 6.87. The highest BCUT2D eigenvalue weighted by molar-refractivity contribution is 6.07. The molecule has 0 aromatic heterocycles. The standard InChI is InChI=1S/C26H25N3O5/c1-28(2)20-10-9-19(21(12-20)34-14-15-3-5-16(6-4-15)26(32)33)13-27-29-24(30)22-17-7-8-18(11-17)23(22)25(29)31/h3-10,12-13,17-18,22-23H,11,14H2,1-2H3,(H,32,33)/t17-,18-,22-,23+/m0/s1. The summed E-state index contributed by atoms with van der Waals surface area (Å²) < 4.78 is 6.04. The molecule has 34 heavy (non-hydrogen) atoms. The Morgan fingerprint density at radius 1 is 1.09 bits per heavy atom. The van der Waals surface area contributed by atoms with E-state index in [2.05, 4.69) is 17.3 Å². The van der Waals surface area contributed by atoms with Gasteiger partial charge < -0.3 is 14.7 Å². The Morgan fingerprint density at radius 3 is 2.32 bits per heavy atom. The molecule has 1 saturated heterocycles. The van der Waals surface area contributed by atoms with E-state index < -0.39 is 5.97 Å². The van der Waals surface area contributed by atoms with Gasteiger partial charge in [-0.05, 0) is 48.1 Å². The van der Waals surface area contributed by atoms with E-state index in [9.17, 15) is 14.4 Å². The first-order chi connectivity index (χ1) is 16.3. The molecule has 3 aliphatic rings. The van der Waals surface area contributed by atoms with Gasteiger partial charge in [0.25, 0.3) is 11.8 Å². The molecule has 2 amide bonds. The minimum absolute atomic E-state index is 0.137. The molecule has 8 nitrogen and oxygen atoms in total. The first-order valence-electron chi connectivity index (χ1n) is 11.2. The van der Waals surface area contributed by atoms with E-state index in [0.717, 1.165) is 22.7 Å². The average Bonchev–Trinajstić information content (AvgIpc) is 3.51. The monoisotopic (exact) mass is 459 g/mol. The van der Waals surface area contributed by atoms with Crippen LogP contribution in [0.2, 0.25) is 0 Å². The smallest absolute Gasteiger partial charge is 0.335 e. The second-order valence-corrected chi connectivity index (χ2v) is 9.14. The Kier molecular flexibility index (Phi) is 5.43. The van der Waals surface area contributed by atoms with Crippen LogP contribution in [-0.4, -0.2) is 48.2 Å². The molecule has 1 heterocycles. The van der Waals surface area contributed by atoms with Gasteiger partial charge in [-0.3, -0.25) is 9.59 Å². The van der Waals surface area contributed by atoms with Crippen molar-refractivity contribution in [2.75, 3.05) is 19.0 Å². The van der Waals surface area contributed by atoms with Gasteiger partial charge in [0.2, 0.25) is 0 Å². The Balaban J connectivity index is 1.36. The molecular weight excluding hydrogens is 434 g/mol. The number of carbonyl (C=O) groups excluding carboxylic acids is 2. The van der Waals surface area contributed by atoms with E-state index in [1.165, 1.54) is 18.3 Å². The number of hydrogen-bond donors (Lipinski definition) is 1. The third kappa shape index (κ3) is 3.75. The van der Waals surface area contributed by atoms with Gasteiger partial charge in [0, 0.05) is 31.4 Å². The van der Waals surface area contributed by atoms with Crippen LogP contribution in [0.5, 0.6) is 5.75 Å². The molecule has 1 N–H and O–H groups in total. The van der Waals surface area contributed by atoms with Crippen molar-refractivity contribution < 1.29 is 24.2 Å². The lowest BCUT2D eigenvalue weighted by atomic mass is 9.85. The molecule has 2 bridgehead atoms. The number of fused-ring (bicyclic) bond motifs is 5. The summed E-state index contributed by atoms with van der Waals surface area (Å²) in [5, 5.41) is 14.4. The van der Waals surface area contributed by atoms with Crippen molar-refractivity contribution in [3.8, 4) is 5.75 Å². The van der Waals surface area contributed by atoms with Gasteiger partial charge in [-0.25, -0.2) is 4.79 Å². The number of carboxylic acid groups (broad SMARTS) is 1. The fourth-order valence-electron chi connectivity index (χ4n) is 5.06. The minimum Gasteiger partial charge on any atom is -0.488 e. The van der Waals surface area contributed by atoms with Crippen LogP contribution in [-0.2, 0) is 16.2 Å². The van der Waals surface area contributed by atoms with Crippen molar-refractivity contribution in [3.05, 3.63) is 71.3 Å². The number of aromatic carboxylic acids is 1. The second-order valence-electron chi connectivity index (χ2n) is 9.14. The maximum atomic E-state index is 12.9. The predicted octanol–water partition coefficient (Wildman–Crippen LogP) is 3.17. The maximum Gasteiger partial charge on any atom is 0.335 e. The Morgan fingerprint density at radius 2 is 1.74 bits per heavy atom. The summed E-state index contributed by atoms with van der Waals surface area (Å²) in [4.78, 5) is 38.8. The van der Waals surface area contributed by atoms with E-state index in [-0.39, 0.29) is 47.7 Å². The largest absolute Gasteiger partial charge is 0.488 e. The van der Waals surface area contributed by atoms with Gasteiger partial charge in [-0.15, -0.1) is 0 Å². The van der Waals surface area contributed by atoms with Crippen LogP contribution in [0.25, 0.3) is 0 Å². The summed E-state index contributed by atoms with van der Waals surface area (Å²) in [5.74, 6) is -1.21. The third-order valence-electron chi connectivity index (χ3n) is 6.87. The number of benzene rings is 2. The number of anilines is 1. The molecule has 2 aromatic rings. The molecule has 4 atom stereocenters. The van der Waals surface area contributed by atoms with E-state index in [1.54, 1.807) is 12.1 Å². The highest BCUT2D eigenvalue weighted by Crippen LogP contribution is 2.52. The van der Waals surface area contributed by atoms with Crippen LogP contribution < -0.4 is 9.64 Å². The van der Waals surface area contributed by atoms with Gasteiger partial charge in [0.1, 0.15) is 12.4 Å². The van der Waals surface area contributed by atoms with Gasteiger partial charge in [0.15, 0.2) is 0 Å². The van der Waals surface area contributed by atoms with Crippen LogP contribution in [0.3, 0.4) is 0 Å². The molecule has 0 unspecified atom stereocenters. The molecule has 2 fully saturated rings. The van der Waals surface area contributed by atoms with Crippen LogP contribution in [0.15, 0.2) is 59.7 Å². The number of rotatable bonds is 7. The Bertz CT molecular complexity index is 1190. The highest BCUT2D eigenvalue weighted by atomic mass is 16.5.